The van der Waals surface area contributed by atoms with Gasteiger partial charge in [0, 0.05) is 24.8 Å². The summed E-state index contributed by atoms with van der Waals surface area (Å²) in [7, 11) is 0. The fourth-order valence-electron chi connectivity index (χ4n) is 3.55. The summed E-state index contributed by atoms with van der Waals surface area (Å²) in [4.78, 5) is 36.2. The van der Waals surface area contributed by atoms with Crippen LogP contribution < -0.4 is 4.74 Å². The number of unbranched alkanes of at least 4 members (excludes halogenated alkanes) is 4. The van der Waals surface area contributed by atoms with Crippen LogP contribution in [0, 0.1) is 5.92 Å². The molecule has 0 saturated heterocycles. The molecule has 0 spiro atoms. The van der Waals surface area contributed by atoms with Gasteiger partial charge in [0.05, 0.1) is 13.2 Å². The quantitative estimate of drug-likeness (QED) is 0.146. The molecule has 1 atom stereocenters. The second kappa shape index (κ2) is 15.0. The first-order valence-electron chi connectivity index (χ1n) is 12.1. The Bertz CT molecular complexity index is 794. The smallest absolute Gasteiger partial charge is 0.330 e. The zero-order valence-electron chi connectivity index (χ0n) is 20.0. The molecule has 180 valence electrons. The molecule has 0 aromatic heterocycles. The fourth-order valence-corrected chi connectivity index (χ4v) is 3.55. The number of benzene rings is 1. The number of ether oxygens (including phenoxy) is 2. The number of carbonyl (C=O) groups excluding carboxylic acids is 3. The second-order valence-electron chi connectivity index (χ2n) is 8.37. The van der Waals surface area contributed by atoms with Gasteiger partial charge in [-0.1, -0.05) is 58.1 Å². The van der Waals surface area contributed by atoms with Crippen LogP contribution in [0.15, 0.2) is 42.5 Å². The van der Waals surface area contributed by atoms with Gasteiger partial charge in [0.1, 0.15) is 5.75 Å². The summed E-state index contributed by atoms with van der Waals surface area (Å²) in [5.41, 5.74) is 0.915. The monoisotopic (exact) mass is 455 g/mol. The third kappa shape index (κ3) is 10.1. The van der Waals surface area contributed by atoms with Gasteiger partial charge < -0.3 is 9.47 Å². The van der Waals surface area contributed by atoms with E-state index in [1.807, 2.05) is 24.3 Å². The molecule has 0 saturated carbocycles. The largest absolute Gasteiger partial charge is 0.494 e. The van der Waals surface area contributed by atoms with Crippen LogP contribution in [0.1, 0.15) is 70.8 Å². The number of rotatable bonds is 16. The normalized spacial score (nSPS) is 14.3. The van der Waals surface area contributed by atoms with Crippen LogP contribution in [0.4, 0.5) is 0 Å². The van der Waals surface area contributed by atoms with E-state index in [1.54, 1.807) is 6.08 Å². The minimum absolute atomic E-state index is 0.217. The Kier molecular flexibility index (Phi) is 12.0. The van der Waals surface area contributed by atoms with Crippen molar-refractivity contribution < 1.29 is 23.9 Å². The Morgan fingerprint density at radius 1 is 0.970 bits per heavy atom. The van der Waals surface area contributed by atoms with E-state index < -0.39 is 0 Å². The number of imide groups is 1. The van der Waals surface area contributed by atoms with Crippen LogP contribution in [0.2, 0.25) is 0 Å². The van der Waals surface area contributed by atoms with Gasteiger partial charge in [-0.15, -0.1) is 0 Å². The zero-order valence-corrected chi connectivity index (χ0v) is 20.0. The molecule has 1 aromatic carbocycles. The van der Waals surface area contributed by atoms with Gasteiger partial charge in [0.15, 0.2) is 0 Å². The predicted octanol–water partition coefficient (Wildman–Crippen LogP) is 5.32. The lowest BCUT2D eigenvalue weighted by atomic mass is 10.0. The molecule has 1 unspecified atom stereocenters. The molecule has 1 aromatic rings. The lowest BCUT2D eigenvalue weighted by Crippen LogP contribution is -2.30. The number of amides is 2. The first kappa shape index (κ1) is 26.4. The number of carbonyl (C=O) groups is 3. The summed E-state index contributed by atoms with van der Waals surface area (Å²) in [6.45, 7) is 5.88. The van der Waals surface area contributed by atoms with Crippen molar-refractivity contribution in [3.05, 3.63) is 48.1 Å². The molecule has 1 aliphatic heterocycles. The molecule has 2 amide bonds. The molecule has 0 bridgehead atoms. The number of nitrogens with zero attached hydrogens (tertiary/aromatic N) is 1. The highest BCUT2D eigenvalue weighted by Gasteiger charge is 2.22. The summed E-state index contributed by atoms with van der Waals surface area (Å²) < 4.78 is 11.1. The molecule has 2 rings (SSSR count). The van der Waals surface area contributed by atoms with E-state index in [0.29, 0.717) is 25.7 Å². The van der Waals surface area contributed by atoms with E-state index in [1.165, 1.54) is 29.5 Å². The summed E-state index contributed by atoms with van der Waals surface area (Å²) in [5.74, 6) is 0.488. The van der Waals surface area contributed by atoms with E-state index >= 15 is 0 Å². The standard InChI is InChI=1S/C27H37NO5/c1-3-5-10-22(4-2)21-33-27(31)18-13-23-11-14-24(15-12-23)32-20-9-7-6-8-19-28-25(29)16-17-26(28)30/h11-18,22H,3-10,19-21H2,1-2H3/b18-13-. The molecular formula is C27H37NO5. The maximum Gasteiger partial charge on any atom is 0.330 e. The summed E-state index contributed by atoms with van der Waals surface area (Å²) in [6.07, 6.45) is 14.0. The van der Waals surface area contributed by atoms with Crippen molar-refractivity contribution >= 4 is 23.9 Å². The Hall–Kier alpha value is -2.89. The van der Waals surface area contributed by atoms with Gasteiger partial charge in [-0.05, 0) is 49.0 Å². The van der Waals surface area contributed by atoms with Crippen molar-refractivity contribution in [3.8, 4) is 5.75 Å². The SMILES string of the molecule is CCCCC(CC)COC(=O)/C=C\c1ccc(OCCCCCCN2C(=O)C=CC2=O)cc1. The molecule has 0 radical (unpaired) electrons. The zero-order chi connectivity index (χ0) is 23.9. The Labute approximate surface area is 197 Å². The number of hydrogen-bond acceptors (Lipinski definition) is 5. The van der Waals surface area contributed by atoms with Crippen molar-refractivity contribution in [2.45, 2.75) is 65.2 Å². The first-order chi connectivity index (χ1) is 16.0. The molecule has 0 aliphatic carbocycles. The molecule has 33 heavy (non-hydrogen) atoms. The van der Waals surface area contributed by atoms with E-state index in [4.69, 9.17) is 9.47 Å². The maximum absolute atomic E-state index is 12.0. The molecule has 6 heteroatoms. The van der Waals surface area contributed by atoms with Gasteiger partial charge in [0.25, 0.3) is 11.8 Å². The maximum atomic E-state index is 12.0. The van der Waals surface area contributed by atoms with Gasteiger partial charge in [-0.3, -0.25) is 14.5 Å². The van der Waals surface area contributed by atoms with Crippen LogP contribution >= 0.6 is 0 Å². The molecule has 0 fully saturated rings. The summed E-state index contributed by atoms with van der Waals surface area (Å²) in [5, 5.41) is 0. The van der Waals surface area contributed by atoms with Crippen LogP contribution in [-0.2, 0) is 19.1 Å². The average Bonchev–Trinajstić information content (AvgIpc) is 3.15. The lowest BCUT2D eigenvalue weighted by molar-refractivity contribution is -0.139. The van der Waals surface area contributed by atoms with Crippen molar-refractivity contribution in [1.29, 1.82) is 0 Å². The van der Waals surface area contributed by atoms with E-state index in [-0.39, 0.29) is 17.8 Å². The van der Waals surface area contributed by atoms with Crippen LogP contribution in [0.5, 0.6) is 5.75 Å². The van der Waals surface area contributed by atoms with Crippen LogP contribution in [0.3, 0.4) is 0 Å². The Morgan fingerprint density at radius 3 is 2.33 bits per heavy atom. The van der Waals surface area contributed by atoms with Gasteiger partial charge in [-0.2, -0.15) is 0 Å². The highest BCUT2D eigenvalue weighted by Crippen LogP contribution is 2.15. The van der Waals surface area contributed by atoms with Crippen molar-refractivity contribution in [2.75, 3.05) is 19.8 Å². The lowest BCUT2D eigenvalue weighted by Gasteiger charge is -2.13. The average molecular weight is 456 g/mol. The van der Waals surface area contributed by atoms with Crippen LogP contribution in [0.25, 0.3) is 6.08 Å². The molecule has 6 nitrogen and oxygen atoms in total. The molecular weight excluding hydrogens is 418 g/mol. The minimum atomic E-state index is -0.306. The third-order valence-corrected chi connectivity index (χ3v) is 5.74. The number of esters is 1. The highest BCUT2D eigenvalue weighted by molar-refractivity contribution is 6.12. The Morgan fingerprint density at radius 2 is 1.67 bits per heavy atom. The van der Waals surface area contributed by atoms with Crippen molar-refractivity contribution in [3.63, 3.8) is 0 Å². The van der Waals surface area contributed by atoms with Crippen molar-refractivity contribution in [1.82, 2.24) is 4.90 Å². The molecule has 1 heterocycles. The Balaban J connectivity index is 1.58. The first-order valence-corrected chi connectivity index (χ1v) is 12.1. The van der Waals surface area contributed by atoms with Crippen molar-refractivity contribution in [2.24, 2.45) is 5.92 Å². The van der Waals surface area contributed by atoms with E-state index in [9.17, 15) is 14.4 Å². The predicted molar refractivity (Wildman–Crippen MR) is 130 cm³/mol. The molecule has 0 N–H and O–H groups in total. The van der Waals surface area contributed by atoms with E-state index in [0.717, 1.165) is 56.3 Å². The summed E-state index contributed by atoms with van der Waals surface area (Å²) >= 11 is 0. The minimum Gasteiger partial charge on any atom is -0.494 e. The third-order valence-electron chi connectivity index (χ3n) is 5.74. The van der Waals surface area contributed by atoms with Gasteiger partial charge >= 0.3 is 5.97 Å². The van der Waals surface area contributed by atoms with Gasteiger partial charge in [-0.25, -0.2) is 4.79 Å². The number of hydrogen-bond donors (Lipinski definition) is 0. The topological polar surface area (TPSA) is 72.9 Å². The highest BCUT2D eigenvalue weighted by atomic mass is 16.5. The van der Waals surface area contributed by atoms with Gasteiger partial charge in [0.2, 0.25) is 0 Å². The molecule has 1 aliphatic rings. The van der Waals surface area contributed by atoms with E-state index in [2.05, 4.69) is 13.8 Å². The fraction of sp³-hybridized carbons (Fsp3) is 0.519. The second-order valence-corrected chi connectivity index (χ2v) is 8.37. The van der Waals surface area contributed by atoms with Crippen LogP contribution in [-0.4, -0.2) is 42.4 Å². The summed E-state index contributed by atoms with van der Waals surface area (Å²) in [6, 6.07) is 7.60.